The number of ether oxygens (including phenoxy) is 2. The lowest BCUT2D eigenvalue weighted by molar-refractivity contribution is -0.121. The molecule has 2 aromatic rings. The van der Waals surface area contributed by atoms with Crippen LogP contribution in [0.2, 0.25) is 0 Å². The first-order valence-corrected chi connectivity index (χ1v) is 7.62. The third-order valence-corrected chi connectivity index (χ3v) is 3.72. The number of aryl methyl sites for hydroxylation is 1. The smallest absolute Gasteiger partial charge is 0.332 e. The summed E-state index contributed by atoms with van der Waals surface area (Å²) in [5, 5.41) is 2.46. The number of methoxy groups -OCH3 is 1. The number of carbonyl (C=O) groups excluding carboxylic acids is 2. The van der Waals surface area contributed by atoms with E-state index in [4.69, 9.17) is 9.47 Å². The highest BCUT2D eigenvalue weighted by Crippen LogP contribution is 2.28. The van der Waals surface area contributed by atoms with Gasteiger partial charge in [0.2, 0.25) is 5.95 Å². The Morgan fingerprint density at radius 3 is 2.54 bits per heavy atom. The zero-order chi connectivity index (χ0) is 19.1. The fourth-order valence-electron chi connectivity index (χ4n) is 2.37. The van der Waals surface area contributed by atoms with Crippen LogP contribution >= 0.6 is 0 Å². The molecule has 1 aromatic carbocycles. The molecule has 1 fully saturated rings. The van der Waals surface area contributed by atoms with Crippen molar-refractivity contribution in [2.24, 2.45) is 0 Å². The second-order valence-corrected chi connectivity index (χ2v) is 6.12. The van der Waals surface area contributed by atoms with Crippen molar-refractivity contribution in [3.05, 3.63) is 29.8 Å². The molecule has 1 aliphatic rings. The molecule has 10 heteroatoms. The Bertz CT molecular complexity index is 902. The number of anilines is 1. The minimum absolute atomic E-state index is 0.293. The number of urea groups is 1. The second-order valence-electron chi connectivity index (χ2n) is 6.12. The van der Waals surface area contributed by atoms with Crippen LogP contribution in [0.25, 0.3) is 0 Å². The van der Waals surface area contributed by atoms with Crippen molar-refractivity contribution in [3.8, 4) is 17.5 Å². The van der Waals surface area contributed by atoms with E-state index in [1.165, 1.54) is 21.0 Å². The standard InChI is InChI=1S/C16H16FN5O4/c1-8-5-6-9(7-10(8)25-4)26-14-19-12(17)18-13(20-14)22-11(23)16(2,3)21-15(22)24/h5-7H,1-4H3,(H,21,24). The van der Waals surface area contributed by atoms with Crippen LogP contribution in [0.15, 0.2) is 18.2 Å². The maximum atomic E-state index is 13.8. The SMILES string of the molecule is COc1cc(Oc2nc(F)nc(N3C(=O)NC(C)(C)C3=O)n2)ccc1C. The molecule has 0 aliphatic carbocycles. The van der Waals surface area contributed by atoms with E-state index in [-0.39, 0.29) is 0 Å². The topological polar surface area (TPSA) is 107 Å². The van der Waals surface area contributed by atoms with Gasteiger partial charge >= 0.3 is 18.1 Å². The van der Waals surface area contributed by atoms with Crippen LogP contribution in [0.1, 0.15) is 19.4 Å². The van der Waals surface area contributed by atoms with Gasteiger partial charge in [-0.2, -0.15) is 19.3 Å². The number of amides is 3. The van der Waals surface area contributed by atoms with Gasteiger partial charge < -0.3 is 14.8 Å². The lowest BCUT2D eigenvalue weighted by atomic mass is 10.1. The van der Waals surface area contributed by atoms with E-state index in [1.54, 1.807) is 18.2 Å². The van der Waals surface area contributed by atoms with Gasteiger partial charge in [0.1, 0.15) is 17.0 Å². The highest BCUT2D eigenvalue weighted by Gasteiger charge is 2.46. The molecule has 3 amide bonds. The van der Waals surface area contributed by atoms with Gasteiger partial charge in [0.05, 0.1) is 7.11 Å². The van der Waals surface area contributed by atoms with E-state index in [9.17, 15) is 14.0 Å². The van der Waals surface area contributed by atoms with Crippen molar-refractivity contribution in [3.63, 3.8) is 0 Å². The molecule has 1 aromatic heterocycles. The molecule has 1 N–H and O–H groups in total. The van der Waals surface area contributed by atoms with E-state index in [0.29, 0.717) is 16.4 Å². The summed E-state index contributed by atoms with van der Waals surface area (Å²) in [5.74, 6) is -0.217. The number of imide groups is 1. The molecule has 9 nitrogen and oxygen atoms in total. The summed E-state index contributed by atoms with van der Waals surface area (Å²) in [6.07, 6.45) is -1.19. The second kappa shape index (κ2) is 6.21. The van der Waals surface area contributed by atoms with E-state index < -0.39 is 35.5 Å². The molecule has 3 rings (SSSR count). The first kappa shape index (κ1) is 17.5. The van der Waals surface area contributed by atoms with Crippen molar-refractivity contribution < 1.29 is 23.5 Å². The van der Waals surface area contributed by atoms with Crippen molar-refractivity contribution in [2.45, 2.75) is 26.3 Å². The average molecular weight is 361 g/mol. The van der Waals surface area contributed by atoms with Crippen molar-refractivity contribution in [1.82, 2.24) is 20.3 Å². The van der Waals surface area contributed by atoms with Gasteiger partial charge in [-0.1, -0.05) is 6.07 Å². The third-order valence-electron chi connectivity index (χ3n) is 3.72. The third kappa shape index (κ3) is 3.13. The molecule has 0 unspecified atom stereocenters. The zero-order valence-electron chi connectivity index (χ0n) is 14.5. The molecular formula is C16H16FN5O4. The lowest BCUT2D eigenvalue weighted by Crippen LogP contribution is -2.40. The van der Waals surface area contributed by atoms with Gasteiger partial charge in [0, 0.05) is 6.07 Å². The Hall–Kier alpha value is -3.30. The maximum Gasteiger partial charge on any atom is 0.332 e. The van der Waals surface area contributed by atoms with Gasteiger partial charge in [0.15, 0.2) is 0 Å². The van der Waals surface area contributed by atoms with Gasteiger partial charge in [-0.05, 0) is 32.4 Å². The quantitative estimate of drug-likeness (QED) is 0.830. The summed E-state index contributed by atoms with van der Waals surface area (Å²) in [6.45, 7) is 4.88. The monoisotopic (exact) mass is 361 g/mol. The van der Waals surface area contributed by atoms with Gasteiger partial charge in [-0.3, -0.25) is 4.79 Å². The fourth-order valence-corrected chi connectivity index (χ4v) is 2.37. The maximum absolute atomic E-state index is 13.8. The molecule has 2 heterocycles. The summed E-state index contributed by atoms with van der Waals surface area (Å²) in [5.41, 5.74) is -0.269. The first-order chi connectivity index (χ1) is 12.2. The lowest BCUT2D eigenvalue weighted by Gasteiger charge is -2.15. The van der Waals surface area contributed by atoms with Crippen LogP contribution in [0, 0.1) is 13.0 Å². The van der Waals surface area contributed by atoms with Crippen LogP contribution in [0.3, 0.4) is 0 Å². The number of benzene rings is 1. The molecular weight excluding hydrogens is 345 g/mol. The number of hydrogen-bond donors (Lipinski definition) is 1. The Labute approximate surface area is 148 Å². The van der Waals surface area contributed by atoms with Crippen molar-refractivity contribution in [1.29, 1.82) is 0 Å². The van der Waals surface area contributed by atoms with Crippen LogP contribution in [0.5, 0.6) is 17.5 Å². The highest BCUT2D eigenvalue weighted by molar-refractivity contribution is 6.22. The number of halogens is 1. The van der Waals surface area contributed by atoms with E-state index in [1.807, 2.05) is 6.92 Å². The van der Waals surface area contributed by atoms with E-state index >= 15 is 0 Å². The summed E-state index contributed by atoms with van der Waals surface area (Å²) in [6, 6.07) is 3.79. The number of rotatable bonds is 4. The Balaban J connectivity index is 1.94. The molecule has 1 aliphatic heterocycles. The number of carbonyl (C=O) groups is 2. The molecule has 0 spiro atoms. The van der Waals surface area contributed by atoms with E-state index in [0.717, 1.165) is 5.56 Å². The minimum atomic E-state index is -1.19. The Morgan fingerprint density at radius 2 is 1.92 bits per heavy atom. The van der Waals surface area contributed by atoms with Crippen molar-refractivity contribution >= 4 is 17.9 Å². The number of hydrogen-bond acceptors (Lipinski definition) is 7. The zero-order valence-corrected chi connectivity index (χ0v) is 14.5. The van der Waals surface area contributed by atoms with Crippen LogP contribution in [0.4, 0.5) is 15.1 Å². The van der Waals surface area contributed by atoms with Crippen molar-refractivity contribution in [2.75, 3.05) is 12.0 Å². The average Bonchev–Trinajstić information content (AvgIpc) is 2.76. The molecule has 26 heavy (non-hydrogen) atoms. The predicted molar refractivity (Wildman–Crippen MR) is 87.7 cm³/mol. The van der Waals surface area contributed by atoms with Gasteiger partial charge in [-0.25, -0.2) is 4.79 Å². The molecule has 0 saturated carbocycles. The molecule has 0 bridgehead atoms. The predicted octanol–water partition coefficient (Wildman–Crippen LogP) is 1.95. The highest BCUT2D eigenvalue weighted by atomic mass is 19.1. The summed E-state index contributed by atoms with van der Waals surface area (Å²) < 4.78 is 24.4. The molecule has 0 atom stereocenters. The van der Waals surface area contributed by atoms with Crippen LogP contribution in [-0.4, -0.2) is 39.5 Å². The summed E-state index contributed by atoms with van der Waals surface area (Å²) in [4.78, 5) is 35.7. The summed E-state index contributed by atoms with van der Waals surface area (Å²) in [7, 11) is 1.51. The van der Waals surface area contributed by atoms with Gasteiger partial charge in [0.25, 0.3) is 5.91 Å². The fraction of sp³-hybridized carbons (Fsp3) is 0.312. The molecule has 0 radical (unpaired) electrons. The van der Waals surface area contributed by atoms with Gasteiger partial charge in [-0.15, -0.1) is 4.98 Å². The van der Waals surface area contributed by atoms with Crippen LogP contribution < -0.4 is 19.7 Å². The summed E-state index contributed by atoms with van der Waals surface area (Å²) >= 11 is 0. The number of nitrogens with zero attached hydrogens (tertiary/aromatic N) is 4. The molecule has 136 valence electrons. The normalized spacial score (nSPS) is 15.8. The van der Waals surface area contributed by atoms with E-state index in [2.05, 4.69) is 20.3 Å². The number of nitrogens with one attached hydrogen (secondary N) is 1. The number of aromatic nitrogens is 3. The minimum Gasteiger partial charge on any atom is -0.496 e. The Kier molecular flexibility index (Phi) is 4.18. The first-order valence-electron chi connectivity index (χ1n) is 7.62. The van der Waals surface area contributed by atoms with Crippen LogP contribution in [-0.2, 0) is 4.79 Å². The Morgan fingerprint density at radius 1 is 1.19 bits per heavy atom. The largest absolute Gasteiger partial charge is 0.496 e. The molecule has 1 saturated heterocycles.